The largest absolute Gasteiger partial charge is 0.322 e. The molecule has 1 amide bonds. The Labute approximate surface area is 147 Å². The van der Waals surface area contributed by atoms with E-state index in [0.717, 1.165) is 0 Å². The SMILES string of the molecule is CCN(CC)S(=O)(=O)c1cccc(NC(=O)c2cccc(Cl)c2)c1. The summed E-state index contributed by atoms with van der Waals surface area (Å²) in [5.74, 6) is -0.352. The number of amides is 1. The highest BCUT2D eigenvalue weighted by Crippen LogP contribution is 2.20. The maximum atomic E-state index is 12.5. The first kappa shape index (κ1) is 18.4. The van der Waals surface area contributed by atoms with E-state index in [9.17, 15) is 13.2 Å². The van der Waals surface area contributed by atoms with Gasteiger partial charge < -0.3 is 5.32 Å². The van der Waals surface area contributed by atoms with E-state index in [-0.39, 0.29) is 10.8 Å². The van der Waals surface area contributed by atoms with Gasteiger partial charge in [0.15, 0.2) is 0 Å². The Morgan fingerprint density at radius 2 is 1.75 bits per heavy atom. The number of carbonyl (C=O) groups excluding carboxylic acids is 1. The summed E-state index contributed by atoms with van der Waals surface area (Å²) in [6.45, 7) is 4.34. The van der Waals surface area contributed by atoms with Gasteiger partial charge in [0.1, 0.15) is 0 Å². The molecule has 0 aliphatic carbocycles. The number of benzene rings is 2. The third-order valence-corrected chi connectivity index (χ3v) is 5.80. The number of anilines is 1. The maximum Gasteiger partial charge on any atom is 0.255 e. The predicted molar refractivity (Wildman–Crippen MR) is 96.0 cm³/mol. The van der Waals surface area contributed by atoms with E-state index in [1.54, 1.807) is 50.2 Å². The van der Waals surface area contributed by atoms with Gasteiger partial charge in [0.25, 0.3) is 5.91 Å². The molecule has 128 valence electrons. The van der Waals surface area contributed by atoms with Crippen molar-refractivity contribution < 1.29 is 13.2 Å². The molecule has 0 aromatic heterocycles. The van der Waals surface area contributed by atoms with Crippen LogP contribution < -0.4 is 5.32 Å². The minimum atomic E-state index is -3.57. The molecule has 2 aromatic rings. The minimum absolute atomic E-state index is 0.148. The van der Waals surface area contributed by atoms with E-state index in [1.807, 2.05) is 0 Å². The van der Waals surface area contributed by atoms with Gasteiger partial charge in [-0.2, -0.15) is 4.31 Å². The van der Waals surface area contributed by atoms with E-state index >= 15 is 0 Å². The molecule has 5 nitrogen and oxygen atoms in total. The highest BCUT2D eigenvalue weighted by Gasteiger charge is 2.21. The average molecular weight is 367 g/mol. The number of hydrogen-bond acceptors (Lipinski definition) is 3. The van der Waals surface area contributed by atoms with Gasteiger partial charge in [-0.25, -0.2) is 8.42 Å². The second-order valence-electron chi connectivity index (χ2n) is 5.08. The zero-order valence-corrected chi connectivity index (χ0v) is 15.1. The lowest BCUT2D eigenvalue weighted by Gasteiger charge is -2.18. The van der Waals surface area contributed by atoms with Crippen molar-refractivity contribution in [3.05, 3.63) is 59.1 Å². The van der Waals surface area contributed by atoms with Crippen molar-refractivity contribution in [1.82, 2.24) is 4.31 Å². The molecule has 0 saturated carbocycles. The Kier molecular flexibility index (Phi) is 5.99. The molecule has 2 rings (SSSR count). The molecule has 0 spiro atoms. The first-order chi connectivity index (χ1) is 11.4. The van der Waals surface area contributed by atoms with Crippen molar-refractivity contribution >= 4 is 33.2 Å². The first-order valence-corrected chi connectivity index (χ1v) is 9.37. The molecule has 0 radical (unpaired) electrons. The van der Waals surface area contributed by atoms with Crippen LogP contribution in [0.15, 0.2) is 53.4 Å². The number of nitrogens with zero attached hydrogens (tertiary/aromatic N) is 1. The highest BCUT2D eigenvalue weighted by atomic mass is 35.5. The van der Waals surface area contributed by atoms with Crippen LogP contribution in [0.5, 0.6) is 0 Å². The van der Waals surface area contributed by atoms with Gasteiger partial charge in [0, 0.05) is 29.4 Å². The fourth-order valence-electron chi connectivity index (χ4n) is 2.28. The normalized spacial score (nSPS) is 11.5. The molecule has 24 heavy (non-hydrogen) atoms. The molecular formula is C17H19ClN2O3S. The third-order valence-electron chi connectivity index (χ3n) is 3.52. The summed E-state index contributed by atoms with van der Waals surface area (Å²) in [5.41, 5.74) is 0.813. The summed E-state index contributed by atoms with van der Waals surface area (Å²) in [4.78, 5) is 12.4. The topological polar surface area (TPSA) is 66.5 Å². The zero-order chi connectivity index (χ0) is 17.7. The molecule has 0 bridgehead atoms. The second-order valence-corrected chi connectivity index (χ2v) is 7.46. The molecule has 0 atom stereocenters. The predicted octanol–water partition coefficient (Wildman–Crippen LogP) is 3.62. The lowest BCUT2D eigenvalue weighted by molar-refractivity contribution is 0.102. The number of hydrogen-bond donors (Lipinski definition) is 1. The molecule has 0 saturated heterocycles. The van der Waals surface area contributed by atoms with Crippen LogP contribution in [0.2, 0.25) is 5.02 Å². The van der Waals surface area contributed by atoms with Gasteiger partial charge in [-0.1, -0.05) is 37.6 Å². The highest BCUT2D eigenvalue weighted by molar-refractivity contribution is 7.89. The standard InChI is InChI=1S/C17H19ClN2O3S/c1-3-20(4-2)24(22,23)16-10-6-9-15(12-16)19-17(21)13-7-5-8-14(18)11-13/h5-12H,3-4H2,1-2H3,(H,19,21). The van der Waals surface area contributed by atoms with E-state index in [2.05, 4.69) is 5.32 Å². The molecule has 0 fully saturated rings. The number of nitrogens with one attached hydrogen (secondary N) is 1. The number of sulfonamides is 1. The Balaban J connectivity index is 2.26. The lowest BCUT2D eigenvalue weighted by Crippen LogP contribution is -2.30. The Morgan fingerprint density at radius 3 is 2.38 bits per heavy atom. The monoisotopic (exact) mass is 366 g/mol. The van der Waals surface area contributed by atoms with Crippen molar-refractivity contribution in [2.45, 2.75) is 18.7 Å². The molecule has 0 aliphatic rings. The Bertz CT molecular complexity index is 833. The summed E-state index contributed by atoms with van der Waals surface area (Å²) >= 11 is 5.88. The van der Waals surface area contributed by atoms with Crippen LogP contribution in [0, 0.1) is 0 Å². The molecule has 0 heterocycles. The van der Waals surface area contributed by atoms with Crippen LogP contribution in [0.3, 0.4) is 0 Å². The molecule has 2 aromatic carbocycles. The maximum absolute atomic E-state index is 12.5. The minimum Gasteiger partial charge on any atom is -0.322 e. The summed E-state index contributed by atoms with van der Waals surface area (Å²) in [6.07, 6.45) is 0. The van der Waals surface area contributed by atoms with Crippen molar-refractivity contribution in [2.24, 2.45) is 0 Å². The van der Waals surface area contributed by atoms with Gasteiger partial charge in [0.05, 0.1) is 4.90 Å². The number of halogens is 1. The molecule has 1 N–H and O–H groups in total. The fourth-order valence-corrected chi connectivity index (χ4v) is 3.97. The zero-order valence-electron chi connectivity index (χ0n) is 13.5. The second kappa shape index (κ2) is 7.79. The fraction of sp³-hybridized carbons (Fsp3) is 0.235. The summed E-state index contributed by atoms with van der Waals surface area (Å²) in [7, 11) is -3.57. The summed E-state index contributed by atoms with van der Waals surface area (Å²) in [5, 5.41) is 3.15. The Hall–Kier alpha value is -1.89. The number of carbonyl (C=O) groups is 1. The summed E-state index contributed by atoms with van der Waals surface area (Å²) < 4.78 is 26.5. The van der Waals surface area contributed by atoms with Crippen molar-refractivity contribution in [1.29, 1.82) is 0 Å². The van der Waals surface area contributed by atoms with E-state index in [0.29, 0.717) is 29.4 Å². The summed E-state index contributed by atoms with van der Waals surface area (Å²) in [6, 6.07) is 12.8. The van der Waals surface area contributed by atoms with Crippen molar-refractivity contribution in [2.75, 3.05) is 18.4 Å². The van der Waals surface area contributed by atoms with Crippen LogP contribution in [0.4, 0.5) is 5.69 Å². The van der Waals surface area contributed by atoms with Crippen LogP contribution in [0.1, 0.15) is 24.2 Å². The van der Waals surface area contributed by atoms with E-state index < -0.39 is 10.0 Å². The van der Waals surface area contributed by atoms with Gasteiger partial charge in [0.2, 0.25) is 10.0 Å². The van der Waals surface area contributed by atoms with E-state index in [4.69, 9.17) is 11.6 Å². The quantitative estimate of drug-likeness (QED) is 0.849. The van der Waals surface area contributed by atoms with Crippen LogP contribution in [-0.2, 0) is 10.0 Å². The van der Waals surface area contributed by atoms with E-state index in [1.165, 1.54) is 16.4 Å². The van der Waals surface area contributed by atoms with Gasteiger partial charge >= 0.3 is 0 Å². The van der Waals surface area contributed by atoms with Gasteiger partial charge in [-0.3, -0.25) is 4.79 Å². The molecule has 0 unspecified atom stereocenters. The Morgan fingerprint density at radius 1 is 1.08 bits per heavy atom. The number of rotatable bonds is 6. The van der Waals surface area contributed by atoms with Gasteiger partial charge in [-0.05, 0) is 36.4 Å². The molecular weight excluding hydrogens is 348 g/mol. The average Bonchev–Trinajstić information content (AvgIpc) is 2.56. The van der Waals surface area contributed by atoms with Crippen molar-refractivity contribution in [3.8, 4) is 0 Å². The van der Waals surface area contributed by atoms with Crippen molar-refractivity contribution in [3.63, 3.8) is 0 Å². The van der Waals surface area contributed by atoms with Crippen LogP contribution in [0.25, 0.3) is 0 Å². The van der Waals surface area contributed by atoms with Crippen LogP contribution in [-0.4, -0.2) is 31.7 Å². The smallest absolute Gasteiger partial charge is 0.255 e. The molecule has 0 aliphatic heterocycles. The first-order valence-electron chi connectivity index (χ1n) is 7.55. The van der Waals surface area contributed by atoms with Crippen LogP contribution >= 0.6 is 11.6 Å². The lowest BCUT2D eigenvalue weighted by atomic mass is 10.2. The van der Waals surface area contributed by atoms with Gasteiger partial charge in [-0.15, -0.1) is 0 Å². The molecule has 7 heteroatoms. The third kappa shape index (κ3) is 4.14.